The predicted octanol–water partition coefficient (Wildman–Crippen LogP) is 4.13. The molecule has 0 spiro atoms. The fourth-order valence-corrected chi connectivity index (χ4v) is 2.44. The number of carbonyl (C=O) groups excluding carboxylic acids is 1. The predicted molar refractivity (Wildman–Crippen MR) is 87.5 cm³/mol. The standard InChI is InChI=1S/C17H17BrO4/c1-11-4-7-16(21-3)12(8-11)10-22-17(19)14-9-13(20-2)5-6-15(14)18/h4-9H,10H2,1-3H3. The lowest BCUT2D eigenvalue weighted by molar-refractivity contribution is 0.0468. The number of hydrogen-bond donors (Lipinski definition) is 0. The molecule has 2 rings (SSSR count). The van der Waals surface area contributed by atoms with Gasteiger partial charge in [-0.25, -0.2) is 4.79 Å². The van der Waals surface area contributed by atoms with Crippen LogP contribution in [0.1, 0.15) is 21.5 Å². The van der Waals surface area contributed by atoms with Crippen molar-refractivity contribution in [1.29, 1.82) is 0 Å². The molecule has 0 unspecified atom stereocenters. The minimum atomic E-state index is -0.422. The van der Waals surface area contributed by atoms with Crippen LogP contribution >= 0.6 is 15.9 Å². The van der Waals surface area contributed by atoms with Crippen LogP contribution in [0.5, 0.6) is 11.5 Å². The highest BCUT2D eigenvalue weighted by Crippen LogP contribution is 2.25. The van der Waals surface area contributed by atoms with E-state index in [1.54, 1.807) is 32.4 Å². The van der Waals surface area contributed by atoms with E-state index in [0.29, 0.717) is 21.5 Å². The number of methoxy groups -OCH3 is 2. The normalized spacial score (nSPS) is 10.2. The van der Waals surface area contributed by atoms with Crippen LogP contribution in [0.25, 0.3) is 0 Å². The second kappa shape index (κ2) is 7.31. The van der Waals surface area contributed by atoms with Crippen LogP contribution < -0.4 is 9.47 Å². The minimum Gasteiger partial charge on any atom is -0.497 e. The number of aryl methyl sites for hydroxylation is 1. The first kappa shape index (κ1) is 16.4. The molecule has 0 fully saturated rings. The van der Waals surface area contributed by atoms with Crippen molar-refractivity contribution in [2.75, 3.05) is 14.2 Å². The van der Waals surface area contributed by atoms with Gasteiger partial charge in [0.15, 0.2) is 0 Å². The molecule has 5 heteroatoms. The number of ether oxygens (including phenoxy) is 3. The second-order valence-corrected chi connectivity index (χ2v) is 5.59. The van der Waals surface area contributed by atoms with Crippen molar-refractivity contribution in [1.82, 2.24) is 0 Å². The third-order valence-electron chi connectivity index (χ3n) is 3.19. The number of hydrogen-bond acceptors (Lipinski definition) is 4. The molecule has 0 saturated heterocycles. The fourth-order valence-electron chi connectivity index (χ4n) is 2.03. The Balaban J connectivity index is 2.15. The first-order valence-electron chi connectivity index (χ1n) is 6.69. The number of benzene rings is 2. The SMILES string of the molecule is COc1ccc(Br)c(C(=O)OCc2cc(C)ccc2OC)c1. The Morgan fingerprint density at radius 3 is 2.55 bits per heavy atom. The maximum absolute atomic E-state index is 12.2. The lowest BCUT2D eigenvalue weighted by Crippen LogP contribution is -2.07. The number of esters is 1. The van der Waals surface area contributed by atoms with E-state index < -0.39 is 5.97 Å². The van der Waals surface area contributed by atoms with Crippen molar-refractivity contribution in [2.45, 2.75) is 13.5 Å². The topological polar surface area (TPSA) is 44.8 Å². The quantitative estimate of drug-likeness (QED) is 0.748. The van der Waals surface area contributed by atoms with E-state index >= 15 is 0 Å². The molecule has 22 heavy (non-hydrogen) atoms. The Hall–Kier alpha value is -2.01. The van der Waals surface area contributed by atoms with Gasteiger partial charge in [0.25, 0.3) is 0 Å². The van der Waals surface area contributed by atoms with Crippen LogP contribution in [-0.2, 0) is 11.3 Å². The number of carbonyl (C=O) groups is 1. The Bertz CT molecular complexity index is 682. The molecule has 0 radical (unpaired) electrons. The van der Waals surface area contributed by atoms with Gasteiger partial charge in [-0.05, 0) is 53.2 Å². The zero-order valence-electron chi connectivity index (χ0n) is 12.7. The van der Waals surface area contributed by atoms with Crippen LogP contribution in [0.3, 0.4) is 0 Å². The first-order valence-corrected chi connectivity index (χ1v) is 7.48. The van der Waals surface area contributed by atoms with Gasteiger partial charge >= 0.3 is 5.97 Å². The van der Waals surface area contributed by atoms with E-state index in [-0.39, 0.29) is 6.61 Å². The average molecular weight is 365 g/mol. The maximum Gasteiger partial charge on any atom is 0.339 e. The fraction of sp³-hybridized carbons (Fsp3) is 0.235. The molecule has 0 bridgehead atoms. The van der Waals surface area contributed by atoms with Gasteiger partial charge in [0, 0.05) is 10.0 Å². The zero-order valence-corrected chi connectivity index (χ0v) is 14.3. The number of rotatable bonds is 5. The van der Waals surface area contributed by atoms with Crippen LogP contribution in [0.2, 0.25) is 0 Å². The monoisotopic (exact) mass is 364 g/mol. The van der Waals surface area contributed by atoms with Gasteiger partial charge in [-0.15, -0.1) is 0 Å². The highest BCUT2D eigenvalue weighted by atomic mass is 79.9. The van der Waals surface area contributed by atoms with E-state index in [4.69, 9.17) is 14.2 Å². The molecule has 0 aromatic heterocycles. The van der Waals surface area contributed by atoms with E-state index in [1.807, 2.05) is 25.1 Å². The molecule has 116 valence electrons. The Morgan fingerprint density at radius 1 is 1.09 bits per heavy atom. The molecule has 0 aliphatic carbocycles. The minimum absolute atomic E-state index is 0.146. The van der Waals surface area contributed by atoms with E-state index in [2.05, 4.69) is 15.9 Å². The van der Waals surface area contributed by atoms with Gasteiger partial charge in [-0.3, -0.25) is 0 Å². The van der Waals surface area contributed by atoms with Crippen LogP contribution in [-0.4, -0.2) is 20.2 Å². The summed E-state index contributed by atoms with van der Waals surface area (Å²) in [5.74, 6) is 0.876. The average Bonchev–Trinajstić information content (AvgIpc) is 2.53. The molecular formula is C17H17BrO4. The Kier molecular flexibility index (Phi) is 5.44. The molecule has 4 nitrogen and oxygen atoms in total. The van der Waals surface area contributed by atoms with Crippen molar-refractivity contribution in [3.05, 3.63) is 57.6 Å². The molecule has 0 amide bonds. The van der Waals surface area contributed by atoms with Crippen molar-refractivity contribution < 1.29 is 19.0 Å². The summed E-state index contributed by atoms with van der Waals surface area (Å²) in [7, 11) is 3.14. The molecule has 0 N–H and O–H groups in total. The second-order valence-electron chi connectivity index (χ2n) is 4.74. The first-order chi connectivity index (χ1) is 10.5. The van der Waals surface area contributed by atoms with Crippen molar-refractivity contribution >= 4 is 21.9 Å². The Morgan fingerprint density at radius 2 is 1.86 bits per heavy atom. The van der Waals surface area contributed by atoms with E-state index in [0.717, 1.165) is 11.1 Å². The summed E-state index contributed by atoms with van der Waals surface area (Å²) in [6.45, 7) is 2.12. The molecule has 2 aromatic rings. The van der Waals surface area contributed by atoms with E-state index in [9.17, 15) is 4.79 Å². The summed E-state index contributed by atoms with van der Waals surface area (Å²) in [5.41, 5.74) is 2.33. The van der Waals surface area contributed by atoms with Gasteiger partial charge in [0.1, 0.15) is 18.1 Å². The van der Waals surface area contributed by atoms with Crippen molar-refractivity contribution in [3.63, 3.8) is 0 Å². The third-order valence-corrected chi connectivity index (χ3v) is 3.88. The summed E-state index contributed by atoms with van der Waals surface area (Å²) in [6.07, 6.45) is 0. The summed E-state index contributed by atoms with van der Waals surface area (Å²) in [5, 5.41) is 0. The zero-order chi connectivity index (χ0) is 16.1. The molecule has 0 atom stereocenters. The highest BCUT2D eigenvalue weighted by molar-refractivity contribution is 9.10. The van der Waals surface area contributed by atoms with Gasteiger partial charge < -0.3 is 14.2 Å². The number of halogens is 1. The van der Waals surface area contributed by atoms with E-state index in [1.165, 1.54) is 0 Å². The van der Waals surface area contributed by atoms with Gasteiger partial charge in [0.05, 0.1) is 19.8 Å². The van der Waals surface area contributed by atoms with Crippen molar-refractivity contribution in [2.24, 2.45) is 0 Å². The summed E-state index contributed by atoms with van der Waals surface area (Å²) in [6, 6.07) is 10.9. The van der Waals surface area contributed by atoms with Crippen LogP contribution in [0.4, 0.5) is 0 Å². The van der Waals surface area contributed by atoms with Gasteiger partial charge in [-0.2, -0.15) is 0 Å². The maximum atomic E-state index is 12.2. The molecule has 2 aromatic carbocycles. The highest BCUT2D eigenvalue weighted by Gasteiger charge is 2.14. The molecule has 0 saturated carbocycles. The van der Waals surface area contributed by atoms with Crippen LogP contribution in [0.15, 0.2) is 40.9 Å². The largest absolute Gasteiger partial charge is 0.497 e. The van der Waals surface area contributed by atoms with Crippen LogP contribution in [0, 0.1) is 6.92 Å². The van der Waals surface area contributed by atoms with Gasteiger partial charge in [0.2, 0.25) is 0 Å². The molecule has 0 heterocycles. The molecular weight excluding hydrogens is 348 g/mol. The summed E-state index contributed by atoms with van der Waals surface area (Å²) < 4.78 is 16.5. The van der Waals surface area contributed by atoms with Crippen molar-refractivity contribution in [3.8, 4) is 11.5 Å². The molecule has 0 aliphatic rings. The lowest BCUT2D eigenvalue weighted by atomic mass is 10.1. The molecule has 0 aliphatic heterocycles. The third kappa shape index (κ3) is 3.80. The van der Waals surface area contributed by atoms with Gasteiger partial charge in [-0.1, -0.05) is 11.6 Å². The summed E-state index contributed by atoms with van der Waals surface area (Å²) >= 11 is 3.35. The Labute approximate surface area is 138 Å². The lowest BCUT2D eigenvalue weighted by Gasteiger charge is -2.11. The summed E-state index contributed by atoms with van der Waals surface area (Å²) in [4.78, 5) is 12.2. The smallest absolute Gasteiger partial charge is 0.339 e.